The van der Waals surface area contributed by atoms with Crippen LogP contribution in [0.3, 0.4) is 0 Å². The summed E-state index contributed by atoms with van der Waals surface area (Å²) in [5, 5.41) is 3.37. The lowest BCUT2D eigenvalue weighted by molar-refractivity contribution is -0.126. The molecule has 1 saturated carbocycles. The maximum absolute atomic E-state index is 12.0. The van der Waals surface area contributed by atoms with Crippen LogP contribution in [0.1, 0.15) is 44.6 Å². The van der Waals surface area contributed by atoms with Crippen molar-refractivity contribution in [2.24, 2.45) is 0 Å². The summed E-state index contributed by atoms with van der Waals surface area (Å²) in [6, 6.07) is 8.72. The minimum atomic E-state index is -0.162. The summed E-state index contributed by atoms with van der Waals surface area (Å²) >= 11 is 0. The summed E-state index contributed by atoms with van der Waals surface area (Å²) in [4.78, 5) is 14.5. The van der Waals surface area contributed by atoms with Gasteiger partial charge in [-0.25, -0.2) is 0 Å². The van der Waals surface area contributed by atoms with Gasteiger partial charge >= 0.3 is 0 Å². The highest BCUT2D eigenvalue weighted by atomic mass is 16.2. The van der Waals surface area contributed by atoms with Crippen LogP contribution in [0.15, 0.2) is 24.3 Å². The second-order valence-corrected chi connectivity index (χ2v) is 6.37. The number of amides is 1. The van der Waals surface area contributed by atoms with Crippen LogP contribution in [-0.4, -0.2) is 18.1 Å². The van der Waals surface area contributed by atoms with Crippen LogP contribution < -0.4 is 10.2 Å². The van der Waals surface area contributed by atoms with Gasteiger partial charge in [-0.15, -0.1) is 0 Å². The van der Waals surface area contributed by atoms with Crippen LogP contribution in [0.25, 0.3) is 0 Å². The van der Waals surface area contributed by atoms with E-state index in [1.807, 2.05) is 0 Å². The number of para-hydroxylation sites is 1. The topological polar surface area (TPSA) is 32.3 Å². The minimum Gasteiger partial charge on any atom is -0.347 e. The molecule has 2 atom stereocenters. The number of hydrogen-bond donors (Lipinski definition) is 1. The molecule has 4 rings (SSSR count). The van der Waals surface area contributed by atoms with Crippen LogP contribution in [0, 0.1) is 0 Å². The lowest BCUT2D eigenvalue weighted by atomic mass is 9.64. The summed E-state index contributed by atoms with van der Waals surface area (Å²) < 4.78 is 0. The zero-order valence-corrected chi connectivity index (χ0v) is 11.4. The molecule has 3 aliphatic rings. The molecule has 1 aromatic carbocycles. The van der Waals surface area contributed by atoms with E-state index in [9.17, 15) is 4.79 Å². The Morgan fingerprint density at radius 3 is 2.89 bits per heavy atom. The molecule has 19 heavy (non-hydrogen) atoms. The quantitative estimate of drug-likeness (QED) is 0.773. The van der Waals surface area contributed by atoms with Gasteiger partial charge < -0.3 is 10.2 Å². The Labute approximate surface area is 114 Å². The van der Waals surface area contributed by atoms with Gasteiger partial charge in [-0.2, -0.15) is 0 Å². The van der Waals surface area contributed by atoms with Gasteiger partial charge in [0.25, 0.3) is 0 Å². The highest BCUT2D eigenvalue weighted by molar-refractivity contribution is 5.83. The Morgan fingerprint density at radius 2 is 2.00 bits per heavy atom. The highest BCUT2D eigenvalue weighted by Crippen LogP contribution is 2.57. The maximum atomic E-state index is 12.0. The Balaban J connectivity index is 1.95. The van der Waals surface area contributed by atoms with E-state index in [0.717, 1.165) is 13.0 Å². The smallest absolute Gasteiger partial charge is 0.223 e. The molecule has 2 fully saturated rings. The standard InChI is InChI=1S/C16H20N2O/c1-15-9-4-5-10-16(15)17-14(19)8-11-18(16)13-7-3-2-6-12(13)15/h2-3,6-7H,4-5,8-11H2,1H3,(H,17,19)/t15-,16+/m1/s1. The molecule has 0 unspecified atom stereocenters. The second-order valence-electron chi connectivity index (χ2n) is 6.37. The molecule has 2 heterocycles. The van der Waals surface area contributed by atoms with E-state index in [0.29, 0.717) is 6.42 Å². The Bertz CT molecular complexity index is 555. The SMILES string of the molecule is C[C@]12CCCC[C@@]13NC(=O)CCN3c1ccccc12. The number of nitrogens with one attached hydrogen (secondary N) is 1. The van der Waals surface area contributed by atoms with Crippen LogP contribution >= 0.6 is 0 Å². The average molecular weight is 256 g/mol. The predicted octanol–water partition coefficient (Wildman–Crippen LogP) is 2.55. The summed E-state index contributed by atoms with van der Waals surface area (Å²) in [5.41, 5.74) is 2.67. The van der Waals surface area contributed by atoms with Gasteiger partial charge in [-0.1, -0.05) is 31.5 Å². The number of hydrogen-bond acceptors (Lipinski definition) is 2. The van der Waals surface area contributed by atoms with Gasteiger partial charge in [-0.3, -0.25) is 4.79 Å². The Hall–Kier alpha value is -1.51. The highest BCUT2D eigenvalue weighted by Gasteiger charge is 2.61. The number of rotatable bonds is 0. The van der Waals surface area contributed by atoms with Gasteiger partial charge in [0.15, 0.2) is 0 Å². The van der Waals surface area contributed by atoms with Gasteiger partial charge in [0.1, 0.15) is 5.66 Å². The van der Waals surface area contributed by atoms with Crippen molar-refractivity contribution >= 4 is 11.6 Å². The van der Waals surface area contributed by atoms with Crippen LogP contribution in [0.4, 0.5) is 5.69 Å². The first-order valence-corrected chi connectivity index (χ1v) is 7.36. The molecule has 1 aromatic rings. The van der Waals surface area contributed by atoms with E-state index in [4.69, 9.17) is 0 Å². The fourth-order valence-electron chi connectivity index (χ4n) is 4.60. The summed E-state index contributed by atoms with van der Waals surface area (Å²) in [6.07, 6.45) is 5.33. The largest absolute Gasteiger partial charge is 0.347 e. The van der Waals surface area contributed by atoms with E-state index in [1.165, 1.54) is 30.5 Å². The molecule has 1 spiro atoms. The van der Waals surface area contributed by atoms with Crippen molar-refractivity contribution in [3.8, 4) is 0 Å². The molecule has 2 aliphatic heterocycles. The molecule has 0 bridgehead atoms. The first-order chi connectivity index (χ1) is 9.17. The van der Waals surface area contributed by atoms with Crippen molar-refractivity contribution in [2.45, 2.75) is 50.1 Å². The fraction of sp³-hybridized carbons (Fsp3) is 0.562. The van der Waals surface area contributed by atoms with Crippen molar-refractivity contribution in [1.82, 2.24) is 5.32 Å². The maximum Gasteiger partial charge on any atom is 0.223 e. The number of benzene rings is 1. The zero-order valence-electron chi connectivity index (χ0n) is 11.4. The number of nitrogens with zero attached hydrogens (tertiary/aromatic N) is 1. The van der Waals surface area contributed by atoms with Gasteiger partial charge in [0.05, 0.1) is 0 Å². The van der Waals surface area contributed by atoms with Crippen molar-refractivity contribution in [1.29, 1.82) is 0 Å². The lowest BCUT2D eigenvalue weighted by Gasteiger charge is -2.54. The molecule has 3 heteroatoms. The van der Waals surface area contributed by atoms with Crippen LogP contribution in [-0.2, 0) is 10.2 Å². The number of anilines is 1. The van der Waals surface area contributed by atoms with Gasteiger partial charge in [-0.05, 0) is 30.9 Å². The van der Waals surface area contributed by atoms with Crippen molar-refractivity contribution in [3.05, 3.63) is 29.8 Å². The molecule has 1 saturated heterocycles. The number of carbonyl (C=O) groups is 1. The zero-order chi connectivity index (χ0) is 13.1. The molecule has 1 amide bonds. The average Bonchev–Trinajstić information content (AvgIpc) is 2.65. The van der Waals surface area contributed by atoms with Gasteiger partial charge in [0, 0.05) is 24.1 Å². The third kappa shape index (κ3) is 1.21. The van der Waals surface area contributed by atoms with Crippen molar-refractivity contribution in [3.63, 3.8) is 0 Å². The first kappa shape index (κ1) is 11.3. The fourth-order valence-corrected chi connectivity index (χ4v) is 4.60. The third-order valence-electron chi connectivity index (χ3n) is 5.54. The van der Waals surface area contributed by atoms with E-state index < -0.39 is 0 Å². The number of fused-ring (bicyclic) bond motifs is 3. The Kier molecular flexibility index (Phi) is 2.10. The summed E-state index contributed by atoms with van der Waals surface area (Å²) in [7, 11) is 0. The van der Waals surface area contributed by atoms with E-state index in [1.54, 1.807) is 0 Å². The first-order valence-electron chi connectivity index (χ1n) is 7.36. The Morgan fingerprint density at radius 1 is 1.21 bits per heavy atom. The molecule has 0 radical (unpaired) electrons. The van der Waals surface area contributed by atoms with Crippen LogP contribution in [0.2, 0.25) is 0 Å². The lowest BCUT2D eigenvalue weighted by Crippen LogP contribution is -2.71. The summed E-state index contributed by atoms with van der Waals surface area (Å²) in [6.45, 7) is 3.20. The second kappa shape index (κ2) is 3.53. The monoisotopic (exact) mass is 256 g/mol. The van der Waals surface area contributed by atoms with E-state index in [2.05, 4.69) is 41.4 Å². The molecule has 1 aliphatic carbocycles. The minimum absolute atomic E-state index is 0.0674. The van der Waals surface area contributed by atoms with E-state index >= 15 is 0 Å². The normalized spacial score (nSPS) is 36.3. The summed E-state index contributed by atoms with van der Waals surface area (Å²) in [5.74, 6) is 0.220. The predicted molar refractivity (Wildman–Crippen MR) is 75.1 cm³/mol. The molecule has 0 aromatic heterocycles. The molecule has 1 N–H and O–H groups in total. The third-order valence-corrected chi connectivity index (χ3v) is 5.54. The van der Waals surface area contributed by atoms with Crippen molar-refractivity contribution < 1.29 is 4.79 Å². The van der Waals surface area contributed by atoms with Crippen molar-refractivity contribution in [2.75, 3.05) is 11.4 Å². The number of carbonyl (C=O) groups excluding carboxylic acids is 1. The molecular weight excluding hydrogens is 236 g/mol. The molecule has 3 nitrogen and oxygen atoms in total. The van der Waals surface area contributed by atoms with Crippen LogP contribution in [0.5, 0.6) is 0 Å². The molecular formula is C16H20N2O. The van der Waals surface area contributed by atoms with E-state index in [-0.39, 0.29) is 17.0 Å². The molecule has 100 valence electrons. The van der Waals surface area contributed by atoms with Gasteiger partial charge in [0.2, 0.25) is 5.91 Å².